The maximum Gasteiger partial charge on any atom is 0.339 e. The van der Waals surface area contributed by atoms with E-state index in [9.17, 15) is 14.7 Å². The molecule has 1 saturated heterocycles. The molecule has 1 unspecified atom stereocenters. The quantitative estimate of drug-likeness (QED) is 0.502. The van der Waals surface area contributed by atoms with Gasteiger partial charge in [-0.2, -0.15) is 0 Å². The van der Waals surface area contributed by atoms with Crippen LogP contribution >= 0.6 is 31.9 Å². The third-order valence-electron chi connectivity index (χ3n) is 4.73. The van der Waals surface area contributed by atoms with Crippen LogP contribution in [-0.2, 0) is 10.5 Å². The van der Waals surface area contributed by atoms with Crippen LogP contribution in [0.15, 0.2) is 75.8 Å². The summed E-state index contributed by atoms with van der Waals surface area (Å²) >= 11 is 6.69. The molecule has 7 nitrogen and oxygen atoms in total. The van der Waals surface area contributed by atoms with E-state index in [-0.39, 0.29) is 5.56 Å². The number of aromatic nitrogens is 1. The molecular weight excluding hydrogens is 518 g/mol. The molecular formula is C21H15Br2N3O4. The minimum atomic E-state index is -2.28. The van der Waals surface area contributed by atoms with Gasteiger partial charge in [-0.05, 0) is 54.6 Å². The second-order valence-electron chi connectivity index (χ2n) is 6.47. The van der Waals surface area contributed by atoms with Crippen LogP contribution in [0.1, 0.15) is 5.56 Å². The summed E-state index contributed by atoms with van der Waals surface area (Å²) in [5, 5.41) is 11.6. The van der Waals surface area contributed by atoms with Gasteiger partial charge >= 0.3 is 6.03 Å². The Morgan fingerprint density at radius 3 is 1.97 bits per heavy atom. The van der Waals surface area contributed by atoms with Crippen LogP contribution in [-0.4, -0.2) is 29.1 Å². The molecule has 0 spiro atoms. The molecule has 4 rings (SSSR count). The van der Waals surface area contributed by atoms with Crippen molar-refractivity contribution < 1.29 is 19.4 Å². The number of amides is 3. The lowest BCUT2D eigenvalue weighted by Gasteiger charge is -2.30. The molecule has 0 radical (unpaired) electrons. The molecule has 1 aliphatic rings. The fourth-order valence-electron chi connectivity index (χ4n) is 3.24. The van der Waals surface area contributed by atoms with E-state index >= 15 is 0 Å². The predicted molar refractivity (Wildman–Crippen MR) is 118 cm³/mol. The normalized spacial score (nSPS) is 18.8. The second-order valence-corrected chi connectivity index (χ2v) is 8.30. The Morgan fingerprint density at radius 2 is 1.47 bits per heavy atom. The van der Waals surface area contributed by atoms with Gasteiger partial charge in [0, 0.05) is 32.5 Å². The number of ether oxygens (including phenoxy) is 1. The summed E-state index contributed by atoms with van der Waals surface area (Å²) in [6.45, 7) is 0. The van der Waals surface area contributed by atoms with Crippen LogP contribution in [0.3, 0.4) is 0 Å². The first-order valence-corrected chi connectivity index (χ1v) is 10.4. The number of aliphatic hydroxyl groups is 1. The van der Waals surface area contributed by atoms with Gasteiger partial charge in [0.15, 0.2) is 0 Å². The molecule has 1 fully saturated rings. The van der Waals surface area contributed by atoms with E-state index in [1.165, 1.54) is 25.4 Å². The predicted octanol–water partition coefficient (Wildman–Crippen LogP) is 4.43. The molecule has 0 bridgehead atoms. The number of nitrogens with zero attached hydrogens (tertiary/aromatic N) is 3. The minimum Gasteiger partial charge on any atom is -0.481 e. The topological polar surface area (TPSA) is 83.0 Å². The van der Waals surface area contributed by atoms with Gasteiger partial charge in [-0.1, -0.05) is 31.9 Å². The maximum atomic E-state index is 13.5. The summed E-state index contributed by atoms with van der Waals surface area (Å²) in [4.78, 5) is 33.0. The number of carbonyl (C=O) groups is 2. The Kier molecular flexibility index (Phi) is 5.35. The monoisotopic (exact) mass is 531 g/mol. The second kappa shape index (κ2) is 7.82. The van der Waals surface area contributed by atoms with Gasteiger partial charge in [-0.15, -0.1) is 0 Å². The van der Waals surface area contributed by atoms with Crippen molar-refractivity contribution in [3.63, 3.8) is 0 Å². The molecule has 9 heteroatoms. The van der Waals surface area contributed by atoms with Crippen molar-refractivity contribution in [3.05, 3.63) is 81.4 Å². The van der Waals surface area contributed by atoms with Crippen LogP contribution in [0.4, 0.5) is 16.2 Å². The number of rotatable bonds is 4. The van der Waals surface area contributed by atoms with Crippen molar-refractivity contribution in [1.82, 2.24) is 4.98 Å². The molecule has 2 heterocycles. The zero-order chi connectivity index (χ0) is 21.5. The third-order valence-corrected chi connectivity index (χ3v) is 5.78. The molecule has 1 aliphatic heterocycles. The molecule has 3 aromatic rings. The first kappa shape index (κ1) is 20.5. The molecule has 1 aromatic heterocycles. The van der Waals surface area contributed by atoms with Gasteiger partial charge in [0.1, 0.15) is 0 Å². The van der Waals surface area contributed by atoms with Gasteiger partial charge in [-0.25, -0.2) is 14.7 Å². The highest BCUT2D eigenvalue weighted by Gasteiger charge is 2.59. The van der Waals surface area contributed by atoms with E-state index in [1.807, 2.05) is 0 Å². The van der Waals surface area contributed by atoms with Crippen LogP contribution in [0.5, 0.6) is 5.88 Å². The number of urea groups is 1. The Morgan fingerprint density at radius 1 is 0.900 bits per heavy atom. The van der Waals surface area contributed by atoms with Crippen LogP contribution < -0.4 is 14.5 Å². The Balaban J connectivity index is 1.89. The number of carbonyl (C=O) groups excluding carboxylic acids is 2. The van der Waals surface area contributed by atoms with Crippen molar-refractivity contribution in [1.29, 1.82) is 0 Å². The molecule has 1 N–H and O–H groups in total. The third kappa shape index (κ3) is 3.28. The highest BCUT2D eigenvalue weighted by Crippen LogP contribution is 2.41. The first-order valence-electron chi connectivity index (χ1n) is 8.79. The van der Waals surface area contributed by atoms with Gasteiger partial charge in [0.25, 0.3) is 11.6 Å². The van der Waals surface area contributed by atoms with Crippen molar-refractivity contribution in [2.45, 2.75) is 5.72 Å². The summed E-state index contributed by atoms with van der Waals surface area (Å²) in [7, 11) is 1.46. The van der Waals surface area contributed by atoms with Crippen molar-refractivity contribution in [3.8, 4) is 5.88 Å². The highest BCUT2D eigenvalue weighted by molar-refractivity contribution is 9.10. The lowest BCUT2D eigenvalue weighted by Crippen LogP contribution is -2.47. The van der Waals surface area contributed by atoms with Crippen LogP contribution in [0.2, 0.25) is 0 Å². The Bertz CT molecular complexity index is 1100. The standard InChI is InChI=1S/C21H15Br2N3O4/c1-30-18-11-2-13(12-24-18)21(29)19(27)25(16-7-3-14(22)4-8-16)20(28)26(21)17-9-5-15(23)6-10-17/h2-12,29H,1H3. The van der Waals surface area contributed by atoms with Gasteiger partial charge < -0.3 is 9.84 Å². The molecule has 0 saturated carbocycles. The smallest absolute Gasteiger partial charge is 0.339 e. The minimum absolute atomic E-state index is 0.143. The van der Waals surface area contributed by atoms with E-state index in [0.29, 0.717) is 17.3 Å². The summed E-state index contributed by atoms with van der Waals surface area (Å²) in [5.74, 6) is -0.483. The van der Waals surface area contributed by atoms with E-state index < -0.39 is 17.7 Å². The van der Waals surface area contributed by atoms with Gasteiger partial charge in [-0.3, -0.25) is 9.69 Å². The summed E-state index contributed by atoms with van der Waals surface area (Å²) in [5.41, 5.74) is -1.44. The van der Waals surface area contributed by atoms with Gasteiger partial charge in [0.05, 0.1) is 12.8 Å². The van der Waals surface area contributed by atoms with E-state index in [4.69, 9.17) is 4.74 Å². The number of benzene rings is 2. The number of pyridine rings is 1. The summed E-state index contributed by atoms with van der Waals surface area (Å²) < 4.78 is 6.65. The lowest BCUT2D eigenvalue weighted by molar-refractivity contribution is -0.133. The largest absolute Gasteiger partial charge is 0.481 e. The molecule has 30 heavy (non-hydrogen) atoms. The number of methoxy groups -OCH3 is 1. The molecule has 2 aromatic carbocycles. The van der Waals surface area contributed by atoms with Crippen molar-refractivity contribution in [2.75, 3.05) is 16.9 Å². The highest BCUT2D eigenvalue weighted by atomic mass is 79.9. The van der Waals surface area contributed by atoms with Crippen molar-refractivity contribution >= 4 is 55.2 Å². The number of anilines is 2. The number of hydrogen-bond donors (Lipinski definition) is 1. The Labute approximate surface area is 189 Å². The summed E-state index contributed by atoms with van der Waals surface area (Å²) in [6.07, 6.45) is 1.32. The van der Waals surface area contributed by atoms with Crippen molar-refractivity contribution in [2.24, 2.45) is 0 Å². The van der Waals surface area contributed by atoms with E-state index in [0.717, 1.165) is 18.7 Å². The van der Waals surface area contributed by atoms with E-state index in [2.05, 4.69) is 36.8 Å². The van der Waals surface area contributed by atoms with E-state index in [1.54, 1.807) is 48.5 Å². The molecule has 1 atom stereocenters. The number of hydrogen-bond acceptors (Lipinski definition) is 5. The summed E-state index contributed by atoms with van der Waals surface area (Å²) in [6, 6.07) is 15.8. The number of halogens is 2. The maximum absolute atomic E-state index is 13.5. The molecule has 152 valence electrons. The van der Waals surface area contributed by atoms with Crippen LogP contribution in [0, 0.1) is 0 Å². The SMILES string of the molecule is COc1ccc(C2(O)C(=O)N(c3ccc(Br)cc3)C(=O)N2c2ccc(Br)cc2)cn1. The Hall–Kier alpha value is -2.75. The number of imide groups is 1. The van der Waals surface area contributed by atoms with Gasteiger partial charge in [0.2, 0.25) is 5.88 Å². The average molecular weight is 533 g/mol. The average Bonchev–Trinajstić information content (AvgIpc) is 2.96. The zero-order valence-corrected chi connectivity index (χ0v) is 18.8. The zero-order valence-electron chi connectivity index (χ0n) is 15.6. The molecule has 0 aliphatic carbocycles. The first-order chi connectivity index (χ1) is 14.4. The fraction of sp³-hybridized carbons (Fsp3) is 0.0952. The molecule has 3 amide bonds. The lowest BCUT2D eigenvalue weighted by atomic mass is 10.0. The van der Waals surface area contributed by atoms with Crippen LogP contribution in [0.25, 0.3) is 0 Å². The fourth-order valence-corrected chi connectivity index (χ4v) is 3.77.